The Hall–Kier alpha value is -3.50. The number of ether oxygens (including phenoxy) is 1. The molecule has 0 aliphatic rings. The van der Waals surface area contributed by atoms with Crippen LogP contribution < -0.4 is 14.4 Å². The minimum absolute atomic E-state index is 0.0475. The quantitative estimate of drug-likeness (QED) is 0.289. The molecule has 0 aliphatic carbocycles. The molecule has 10 heteroatoms. The summed E-state index contributed by atoms with van der Waals surface area (Å²) in [5.74, 6) is -0.501. The van der Waals surface area contributed by atoms with Crippen LogP contribution in [0.25, 0.3) is 0 Å². The van der Waals surface area contributed by atoms with Gasteiger partial charge in [0.15, 0.2) is 0 Å². The first-order valence-corrected chi connectivity index (χ1v) is 15.8. The van der Waals surface area contributed by atoms with Crippen molar-refractivity contribution in [2.45, 2.75) is 50.1 Å². The number of likely N-dealkylation sites (N-methyl/N-ethyl adjacent to an activating group) is 1. The SMILES string of the molecule is CCNC(=O)[C@H](C)N(Cc1ccc(C)cc1)C(=O)CN(c1ccccc1OCC)S(=O)(=O)c1ccc(SC)cc1. The van der Waals surface area contributed by atoms with Gasteiger partial charge in [0, 0.05) is 18.0 Å². The Labute approximate surface area is 241 Å². The zero-order valence-electron chi connectivity index (χ0n) is 23.6. The smallest absolute Gasteiger partial charge is 0.264 e. The predicted molar refractivity (Wildman–Crippen MR) is 160 cm³/mol. The number of hydrogen-bond acceptors (Lipinski definition) is 6. The first kappa shape index (κ1) is 31.0. The molecule has 0 heterocycles. The van der Waals surface area contributed by atoms with Gasteiger partial charge < -0.3 is 15.0 Å². The zero-order valence-corrected chi connectivity index (χ0v) is 25.2. The summed E-state index contributed by atoms with van der Waals surface area (Å²) >= 11 is 1.50. The first-order chi connectivity index (χ1) is 19.1. The molecular formula is C30H37N3O5S2. The number of hydrogen-bond donors (Lipinski definition) is 1. The second-order valence-electron chi connectivity index (χ2n) is 9.17. The molecule has 0 saturated heterocycles. The topological polar surface area (TPSA) is 96.0 Å². The molecule has 0 saturated carbocycles. The number of nitrogens with zero attached hydrogens (tertiary/aromatic N) is 2. The Balaban J connectivity index is 2.08. The third-order valence-corrected chi connectivity index (χ3v) is 8.87. The summed E-state index contributed by atoms with van der Waals surface area (Å²) in [4.78, 5) is 29.2. The lowest BCUT2D eigenvalue weighted by molar-refractivity contribution is -0.139. The highest BCUT2D eigenvalue weighted by Gasteiger charge is 2.33. The van der Waals surface area contributed by atoms with Crippen LogP contribution in [-0.4, -0.2) is 57.1 Å². The van der Waals surface area contributed by atoms with Crippen LogP contribution in [0.1, 0.15) is 31.9 Å². The van der Waals surface area contributed by atoms with Gasteiger partial charge in [0.05, 0.1) is 17.2 Å². The highest BCUT2D eigenvalue weighted by Crippen LogP contribution is 2.33. The number of amides is 2. The van der Waals surface area contributed by atoms with Crippen molar-refractivity contribution in [3.63, 3.8) is 0 Å². The van der Waals surface area contributed by atoms with Crippen molar-refractivity contribution in [3.05, 3.63) is 83.9 Å². The molecule has 40 heavy (non-hydrogen) atoms. The Kier molecular flexibility index (Phi) is 11.0. The number of carbonyl (C=O) groups is 2. The average Bonchev–Trinajstić information content (AvgIpc) is 2.95. The number of sulfonamides is 1. The summed E-state index contributed by atoms with van der Waals surface area (Å²) in [6.45, 7) is 7.56. The van der Waals surface area contributed by atoms with Gasteiger partial charge in [-0.1, -0.05) is 42.0 Å². The zero-order chi connectivity index (χ0) is 29.3. The molecule has 1 N–H and O–H groups in total. The fourth-order valence-electron chi connectivity index (χ4n) is 4.12. The van der Waals surface area contributed by atoms with Crippen LogP contribution in [0.5, 0.6) is 5.75 Å². The van der Waals surface area contributed by atoms with Gasteiger partial charge >= 0.3 is 0 Å². The van der Waals surface area contributed by atoms with Crippen molar-refractivity contribution >= 4 is 39.3 Å². The van der Waals surface area contributed by atoms with E-state index in [2.05, 4.69) is 5.32 Å². The molecule has 2 amide bonds. The number of thioether (sulfide) groups is 1. The highest BCUT2D eigenvalue weighted by atomic mass is 32.2. The number of carbonyl (C=O) groups excluding carboxylic acids is 2. The van der Waals surface area contributed by atoms with Crippen molar-refractivity contribution < 1.29 is 22.7 Å². The Morgan fingerprint density at radius 1 is 0.975 bits per heavy atom. The molecule has 8 nitrogen and oxygen atoms in total. The molecule has 0 aromatic heterocycles. The van der Waals surface area contributed by atoms with E-state index in [1.807, 2.05) is 37.4 Å². The summed E-state index contributed by atoms with van der Waals surface area (Å²) in [6, 6.07) is 20.1. The lowest BCUT2D eigenvalue weighted by atomic mass is 10.1. The van der Waals surface area contributed by atoms with Crippen LogP contribution in [-0.2, 0) is 26.2 Å². The van der Waals surface area contributed by atoms with E-state index in [0.717, 1.165) is 20.3 Å². The van der Waals surface area contributed by atoms with E-state index in [1.54, 1.807) is 57.2 Å². The maximum absolute atomic E-state index is 14.1. The molecule has 3 aromatic carbocycles. The lowest BCUT2D eigenvalue weighted by Crippen LogP contribution is -2.51. The van der Waals surface area contributed by atoms with E-state index >= 15 is 0 Å². The first-order valence-electron chi connectivity index (χ1n) is 13.1. The standard InChI is InChI=1S/C30H37N3O5S2/c1-6-31-30(35)23(4)32(20-24-14-12-22(3)13-15-24)29(34)21-33(27-10-8-9-11-28(27)38-7-2)40(36,37)26-18-16-25(39-5)17-19-26/h8-19,23H,6-7,20-21H2,1-5H3,(H,31,35)/t23-/m0/s1. The van der Waals surface area contributed by atoms with E-state index in [0.29, 0.717) is 18.9 Å². The molecule has 0 fully saturated rings. The fourth-order valence-corrected chi connectivity index (χ4v) is 5.96. The number of rotatable bonds is 13. The van der Waals surface area contributed by atoms with Gasteiger partial charge in [-0.3, -0.25) is 13.9 Å². The van der Waals surface area contributed by atoms with E-state index in [1.165, 1.54) is 28.8 Å². The van der Waals surface area contributed by atoms with Gasteiger partial charge in [-0.05, 0) is 75.9 Å². The van der Waals surface area contributed by atoms with Gasteiger partial charge in [-0.2, -0.15) is 0 Å². The van der Waals surface area contributed by atoms with Crippen molar-refractivity contribution in [3.8, 4) is 5.75 Å². The number of aryl methyl sites for hydroxylation is 1. The third-order valence-electron chi connectivity index (χ3n) is 6.35. The molecule has 1 atom stereocenters. The molecule has 214 valence electrons. The normalized spacial score (nSPS) is 11.9. The van der Waals surface area contributed by atoms with Gasteiger partial charge in [0.25, 0.3) is 10.0 Å². The molecule has 3 aromatic rings. The number of benzene rings is 3. The van der Waals surface area contributed by atoms with E-state index in [9.17, 15) is 18.0 Å². The van der Waals surface area contributed by atoms with E-state index < -0.39 is 28.5 Å². The average molecular weight is 584 g/mol. The highest BCUT2D eigenvalue weighted by molar-refractivity contribution is 7.98. The number of para-hydroxylation sites is 2. The monoisotopic (exact) mass is 583 g/mol. The number of anilines is 1. The van der Waals surface area contributed by atoms with Gasteiger partial charge in [-0.25, -0.2) is 8.42 Å². The fraction of sp³-hybridized carbons (Fsp3) is 0.333. The summed E-state index contributed by atoms with van der Waals surface area (Å²) in [7, 11) is -4.19. The van der Waals surface area contributed by atoms with Crippen molar-refractivity contribution in [2.24, 2.45) is 0 Å². The van der Waals surface area contributed by atoms with Crippen molar-refractivity contribution in [2.75, 3.05) is 30.3 Å². The van der Waals surface area contributed by atoms with Crippen LogP contribution in [0.3, 0.4) is 0 Å². The summed E-state index contributed by atoms with van der Waals surface area (Å²) in [5, 5.41) is 2.77. The van der Waals surface area contributed by atoms with Gasteiger partial charge in [-0.15, -0.1) is 11.8 Å². The van der Waals surface area contributed by atoms with Crippen LogP contribution in [0.2, 0.25) is 0 Å². The molecule has 0 bridgehead atoms. The summed E-state index contributed by atoms with van der Waals surface area (Å²) in [6.07, 6.45) is 1.91. The maximum atomic E-state index is 14.1. The van der Waals surface area contributed by atoms with Crippen molar-refractivity contribution in [1.29, 1.82) is 0 Å². The second kappa shape index (κ2) is 14.2. The predicted octanol–water partition coefficient (Wildman–Crippen LogP) is 4.86. The second-order valence-corrected chi connectivity index (χ2v) is 11.9. The Bertz CT molecular complexity index is 1390. The maximum Gasteiger partial charge on any atom is 0.264 e. The molecule has 0 spiro atoms. The lowest BCUT2D eigenvalue weighted by Gasteiger charge is -2.32. The minimum atomic E-state index is -4.19. The van der Waals surface area contributed by atoms with E-state index in [4.69, 9.17) is 4.74 Å². The third kappa shape index (κ3) is 7.57. The molecule has 0 unspecified atom stereocenters. The van der Waals surface area contributed by atoms with Gasteiger partial charge in [0.2, 0.25) is 11.8 Å². The largest absolute Gasteiger partial charge is 0.492 e. The van der Waals surface area contributed by atoms with Crippen LogP contribution >= 0.6 is 11.8 Å². The van der Waals surface area contributed by atoms with Crippen LogP contribution in [0.4, 0.5) is 5.69 Å². The Morgan fingerprint density at radius 3 is 2.23 bits per heavy atom. The molecule has 0 radical (unpaired) electrons. The molecule has 0 aliphatic heterocycles. The molecular weight excluding hydrogens is 546 g/mol. The Morgan fingerprint density at radius 2 is 1.62 bits per heavy atom. The number of nitrogens with one attached hydrogen (secondary N) is 1. The molecule has 3 rings (SSSR count). The summed E-state index contributed by atoms with van der Waals surface area (Å²) in [5.41, 5.74) is 2.13. The van der Waals surface area contributed by atoms with Gasteiger partial charge in [0.1, 0.15) is 18.3 Å². The van der Waals surface area contributed by atoms with Crippen molar-refractivity contribution in [1.82, 2.24) is 10.2 Å². The summed E-state index contributed by atoms with van der Waals surface area (Å²) < 4.78 is 34.9. The van der Waals surface area contributed by atoms with E-state index in [-0.39, 0.29) is 23.0 Å². The van der Waals surface area contributed by atoms with Crippen LogP contribution in [0.15, 0.2) is 82.6 Å². The van der Waals surface area contributed by atoms with Crippen LogP contribution in [0, 0.1) is 6.92 Å². The minimum Gasteiger partial charge on any atom is -0.492 e.